The van der Waals surface area contributed by atoms with Gasteiger partial charge in [0.15, 0.2) is 0 Å². The Morgan fingerprint density at radius 3 is 1.53 bits per heavy atom. The molecule has 0 aromatic heterocycles. The van der Waals surface area contributed by atoms with Crippen molar-refractivity contribution in [2.45, 2.75) is 20.3 Å². The highest BCUT2D eigenvalue weighted by atomic mass is 16.4. The molecule has 0 bridgehead atoms. The van der Waals surface area contributed by atoms with E-state index in [0.29, 0.717) is 0 Å². The molecule has 0 saturated heterocycles. The lowest BCUT2D eigenvalue weighted by molar-refractivity contribution is -0.141. The molecule has 0 aliphatic heterocycles. The van der Waals surface area contributed by atoms with Crippen LogP contribution in [0.1, 0.15) is 20.3 Å². The third-order valence-corrected chi connectivity index (χ3v) is 2.91. The predicted octanol–water partition coefficient (Wildman–Crippen LogP) is 4.47. The standard InChI is InChI=1S/C12H10.C5H10O2/c1-3-7-11(8-4-1)12-9-5-2-6-10-12;1-3-4(2)5(6)7/h1-10H;4H,3H2,1-2H3,(H,6,7). The summed E-state index contributed by atoms with van der Waals surface area (Å²) in [6, 6.07) is 20.8. The fourth-order valence-electron chi connectivity index (χ4n) is 1.44. The van der Waals surface area contributed by atoms with E-state index >= 15 is 0 Å². The Balaban J connectivity index is 0.000000224. The van der Waals surface area contributed by atoms with Crippen molar-refractivity contribution in [2.75, 3.05) is 0 Å². The van der Waals surface area contributed by atoms with Crippen LogP contribution in [0.15, 0.2) is 60.7 Å². The van der Waals surface area contributed by atoms with Crippen molar-refractivity contribution in [3.63, 3.8) is 0 Å². The van der Waals surface area contributed by atoms with Gasteiger partial charge in [0.1, 0.15) is 0 Å². The molecule has 2 rings (SSSR count). The molecule has 0 heterocycles. The molecule has 0 fully saturated rings. The highest BCUT2D eigenvalue weighted by Gasteiger charge is 2.05. The maximum Gasteiger partial charge on any atom is 0.306 e. The van der Waals surface area contributed by atoms with E-state index in [9.17, 15) is 4.79 Å². The Kier molecular flexibility index (Phi) is 6.37. The second-order valence-electron chi connectivity index (χ2n) is 4.38. The van der Waals surface area contributed by atoms with Crippen LogP contribution in [0.3, 0.4) is 0 Å². The van der Waals surface area contributed by atoms with E-state index in [1.807, 2.05) is 19.1 Å². The maximum absolute atomic E-state index is 9.93. The number of aliphatic carboxylic acids is 1. The Bertz CT molecular complexity index is 440. The van der Waals surface area contributed by atoms with E-state index in [0.717, 1.165) is 6.42 Å². The van der Waals surface area contributed by atoms with Crippen LogP contribution in [0.5, 0.6) is 0 Å². The van der Waals surface area contributed by atoms with Crippen LogP contribution >= 0.6 is 0 Å². The first-order chi connectivity index (χ1) is 9.15. The normalized spacial score (nSPS) is 11.1. The van der Waals surface area contributed by atoms with E-state index in [4.69, 9.17) is 5.11 Å². The third kappa shape index (κ3) is 5.38. The minimum Gasteiger partial charge on any atom is -0.481 e. The quantitative estimate of drug-likeness (QED) is 0.879. The summed E-state index contributed by atoms with van der Waals surface area (Å²) < 4.78 is 0. The first-order valence-corrected chi connectivity index (χ1v) is 6.48. The van der Waals surface area contributed by atoms with Gasteiger partial charge in [-0.2, -0.15) is 0 Å². The molecule has 0 saturated carbocycles. The lowest BCUT2D eigenvalue weighted by atomic mass is 10.1. The number of benzene rings is 2. The second kappa shape index (κ2) is 8.09. The molecule has 1 N–H and O–H groups in total. The van der Waals surface area contributed by atoms with Crippen LogP contribution in [-0.2, 0) is 4.79 Å². The van der Waals surface area contributed by atoms with Crippen molar-refractivity contribution in [3.05, 3.63) is 60.7 Å². The molecule has 0 aliphatic carbocycles. The van der Waals surface area contributed by atoms with E-state index in [2.05, 4.69) is 48.5 Å². The zero-order valence-corrected chi connectivity index (χ0v) is 11.4. The van der Waals surface area contributed by atoms with Crippen LogP contribution in [-0.4, -0.2) is 11.1 Å². The van der Waals surface area contributed by atoms with Gasteiger partial charge in [-0.3, -0.25) is 4.79 Å². The SMILES string of the molecule is CCC(C)C(=O)O.c1ccc(-c2ccccc2)cc1. The molecule has 19 heavy (non-hydrogen) atoms. The van der Waals surface area contributed by atoms with Gasteiger partial charge >= 0.3 is 5.97 Å². The number of hydrogen-bond donors (Lipinski definition) is 1. The summed E-state index contributed by atoms with van der Waals surface area (Å²) >= 11 is 0. The number of carboxylic acids is 1. The van der Waals surface area contributed by atoms with Crippen molar-refractivity contribution in [1.82, 2.24) is 0 Å². The monoisotopic (exact) mass is 256 g/mol. The molecule has 0 spiro atoms. The number of hydrogen-bond acceptors (Lipinski definition) is 1. The van der Waals surface area contributed by atoms with Crippen LogP contribution < -0.4 is 0 Å². The molecule has 1 unspecified atom stereocenters. The molecule has 0 radical (unpaired) electrons. The summed E-state index contributed by atoms with van der Waals surface area (Å²) in [6.07, 6.45) is 0.718. The van der Waals surface area contributed by atoms with Gasteiger partial charge < -0.3 is 5.11 Å². The highest BCUT2D eigenvalue weighted by molar-refractivity contribution is 5.69. The van der Waals surface area contributed by atoms with Gasteiger partial charge in [0.2, 0.25) is 0 Å². The Labute approximate surface area is 114 Å². The number of rotatable bonds is 3. The average Bonchev–Trinajstić information content (AvgIpc) is 2.49. The fourth-order valence-corrected chi connectivity index (χ4v) is 1.44. The summed E-state index contributed by atoms with van der Waals surface area (Å²) in [5.74, 6) is -0.887. The lowest BCUT2D eigenvalue weighted by Crippen LogP contribution is -2.06. The molecule has 0 amide bonds. The van der Waals surface area contributed by atoms with Gasteiger partial charge in [-0.15, -0.1) is 0 Å². The van der Waals surface area contributed by atoms with Crippen molar-refractivity contribution >= 4 is 5.97 Å². The van der Waals surface area contributed by atoms with E-state index in [1.54, 1.807) is 6.92 Å². The maximum atomic E-state index is 9.93. The molecular formula is C17H20O2. The van der Waals surface area contributed by atoms with Gasteiger partial charge in [-0.25, -0.2) is 0 Å². The van der Waals surface area contributed by atoms with E-state index in [1.165, 1.54) is 11.1 Å². The molecule has 2 aromatic rings. The van der Waals surface area contributed by atoms with Gasteiger partial charge in [-0.05, 0) is 17.5 Å². The highest BCUT2D eigenvalue weighted by Crippen LogP contribution is 2.17. The average molecular weight is 256 g/mol. The van der Waals surface area contributed by atoms with E-state index in [-0.39, 0.29) is 5.92 Å². The van der Waals surface area contributed by atoms with Gasteiger partial charge in [0, 0.05) is 0 Å². The minimum absolute atomic E-state index is 0.181. The summed E-state index contributed by atoms with van der Waals surface area (Å²) in [5, 5.41) is 8.18. The molecule has 1 atom stereocenters. The molecular weight excluding hydrogens is 236 g/mol. The molecule has 2 nitrogen and oxygen atoms in total. The van der Waals surface area contributed by atoms with E-state index < -0.39 is 5.97 Å². The number of carboxylic acid groups (broad SMARTS) is 1. The van der Waals surface area contributed by atoms with Gasteiger partial charge in [0.25, 0.3) is 0 Å². The van der Waals surface area contributed by atoms with Gasteiger partial charge in [0.05, 0.1) is 5.92 Å². The van der Waals surface area contributed by atoms with Crippen LogP contribution in [0.4, 0.5) is 0 Å². The minimum atomic E-state index is -0.706. The Morgan fingerprint density at radius 1 is 0.947 bits per heavy atom. The molecule has 2 aromatic carbocycles. The lowest BCUT2D eigenvalue weighted by Gasteiger charge is -1.98. The van der Waals surface area contributed by atoms with Crippen molar-refractivity contribution < 1.29 is 9.90 Å². The molecule has 100 valence electrons. The predicted molar refractivity (Wildman–Crippen MR) is 79.0 cm³/mol. The smallest absolute Gasteiger partial charge is 0.306 e. The van der Waals surface area contributed by atoms with Crippen molar-refractivity contribution in [3.8, 4) is 11.1 Å². The molecule has 0 aliphatic rings. The Hall–Kier alpha value is -2.09. The van der Waals surface area contributed by atoms with Crippen molar-refractivity contribution in [2.24, 2.45) is 5.92 Å². The Morgan fingerprint density at radius 2 is 1.32 bits per heavy atom. The van der Waals surface area contributed by atoms with Crippen molar-refractivity contribution in [1.29, 1.82) is 0 Å². The largest absolute Gasteiger partial charge is 0.481 e. The zero-order chi connectivity index (χ0) is 14.1. The first-order valence-electron chi connectivity index (χ1n) is 6.48. The summed E-state index contributed by atoms with van der Waals surface area (Å²) in [5.41, 5.74) is 2.55. The first kappa shape index (κ1) is 15.0. The summed E-state index contributed by atoms with van der Waals surface area (Å²) in [6.45, 7) is 3.56. The van der Waals surface area contributed by atoms with Crippen LogP contribution in [0.25, 0.3) is 11.1 Å². The zero-order valence-electron chi connectivity index (χ0n) is 11.4. The summed E-state index contributed by atoms with van der Waals surface area (Å²) in [4.78, 5) is 9.93. The number of carbonyl (C=O) groups is 1. The van der Waals surface area contributed by atoms with Gasteiger partial charge in [-0.1, -0.05) is 74.5 Å². The topological polar surface area (TPSA) is 37.3 Å². The fraction of sp³-hybridized carbons (Fsp3) is 0.235. The van der Waals surface area contributed by atoms with Crippen LogP contribution in [0, 0.1) is 5.92 Å². The summed E-state index contributed by atoms with van der Waals surface area (Å²) in [7, 11) is 0. The van der Waals surface area contributed by atoms with Crippen LogP contribution in [0.2, 0.25) is 0 Å². The third-order valence-electron chi connectivity index (χ3n) is 2.91. The second-order valence-corrected chi connectivity index (χ2v) is 4.38. The molecule has 2 heteroatoms.